The smallest absolute Gasteiger partial charge is 0.416 e. The first kappa shape index (κ1) is 13.3. The van der Waals surface area contributed by atoms with Crippen molar-refractivity contribution in [2.45, 2.75) is 19.0 Å². The first-order chi connectivity index (χ1) is 7.36. The predicted octanol–water partition coefficient (Wildman–Crippen LogP) is 3.10. The second-order valence-electron chi connectivity index (χ2n) is 3.29. The van der Waals surface area contributed by atoms with Gasteiger partial charge in [0.1, 0.15) is 5.75 Å². The van der Waals surface area contributed by atoms with E-state index in [-0.39, 0.29) is 29.5 Å². The zero-order valence-electron chi connectivity index (χ0n) is 8.18. The molecule has 0 aliphatic rings. The van der Waals surface area contributed by atoms with E-state index in [0.717, 1.165) is 0 Å². The Kier molecular flexibility index (Phi) is 4.21. The molecule has 0 radical (unpaired) electrons. The summed E-state index contributed by atoms with van der Waals surface area (Å²) in [6, 6.07) is 1.92. The number of hydrogen-bond donors (Lipinski definition) is 2. The van der Waals surface area contributed by atoms with Gasteiger partial charge in [0.25, 0.3) is 0 Å². The van der Waals surface area contributed by atoms with E-state index in [1.165, 1.54) is 6.07 Å². The predicted molar refractivity (Wildman–Crippen MR) is 56.2 cm³/mol. The molecule has 0 saturated carbocycles. The lowest BCUT2D eigenvalue weighted by Gasteiger charge is -2.13. The van der Waals surface area contributed by atoms with Crippen LogP contribution in [0.3, 0.4) is 0 Å². The van der Waals surface area contributed by atoms with Crippen molar-refractivity contribution >= 4 is 15.9 Å². The van der Waals surface area contributed by atoms with E-state index in [2.05, 4.69) is 15.9 Å². The van der Waals surface area contributed by atoms with E-state index < -0.39 is 17.5 Å². The molecule has 0 aliphatic heterocycles. The number of phenolic OH excluding ortho intramolecular Hbond substituents is 1. The third kappa shape index (κ3) is 3.12. The van der Waals surface area contributed by atoms with Crippen molar-refractivity contribution in [1.29, 1.82) is 0 Å². The second-order valence-corrected chi connectivity index (χ2v) is 4.14. The maximum absolute atomic E-state index is 12.6. The summed E-state index contributed by atoms with van der Waals surface area (Å²) in [4.78, 5) is 0. The van der Waals surface area contributed by atoms with Gasteiger partial charge in [-0.3, -0.25) is 0 Å². The molecule has 6 heteroatoms. The Morgan fingerprint density at radius 3 is 2.38 bits per heavy atom. The molecular weight excluding hydrogens is 289 g/mol. The Labute approximate surface area is 98.8 Å². The average molecular weight is 299 g/mol. The van der Waals surface area contributed by atoms with Gasteiger partial charge in [-0.05, 0) is 46.5 Å². The quantitative estimate of drug-likeness (QED) is 0.900. The van der Waals surface area contributed by atoms with Crippen molar-refractivity contribution in [1.82, 2.24) is 0 Å². The van der Waals surface area contributed by atoms with E-state index in [9.17, 15) is 18.3 Å². The van der Waals surface area contributed by atoms with Crippen LogP contribution in [0.15, 0.2) is 16.6 Å². The van der Waals surface area contributed by atoms with Gasteiger partial charge >= 0.3 is 6.18 Å². The van der Waals surface area contributed by atoms with Gasteiger partial charge in [-0.15, -0.1) is 0 Å². The van der Waals surface area contributed by atoms with E-state index >= 15 is 0 Å². The van der Waals surface area contributed by atoms with Crippen LogP contribution in [0.1, 0.15) is 17.5 Å². The summed E-state index contributed by atoms with van der Waals surface area (Å²) in [7, 11) is 0. The molecule has 2 N–H and O–H groups in total. The highest BCUT2D eigenvalue weighted by Crippen LogP contribution is 2.37. The molecule has 0 spiro atoms. The molecule has 90 valence electrons. The molecule has 1 aromatic rings. The summed E-state index contributed by atoms with van der Waals surface area (Å²) in [5.74, 6) is -0.444. The molecular formula is C10H10BrF3O2. The lowest BCUT2D eigenvalue weighted by atomic mass is 10.0. The lowest BCUT2D eigenvalue weighted by molar-refractivity contribution is -0.138. The van der Waals surface area contributed by atoms with Crippen LogP contribution in [0.4, 0.5) is 13.2 Å². The number of aliphatic hydroxyl groups excluding tert-OH is 1. The first-order valence-corrected chi connectivity index (χ1v) is 5.35. The summed E-state index contributed by atoms with van der Waals surface area (Å²) in [6.45, 7) is -0.171. The third-order valence-corrected chi connectivity index (χ3v) is 2.72. The second kappa shape index (κ2) is 5.05. The highest BCUT2D eigenvalue weighted by atomic mass is 79.9. The van der Waals surface area contributed by atoms with Crippen LogP contribution in [0, 0.1) is 0 Å². The number of phenols is 1. The van der Waals surface area contributed by atoms with Crippen molar-refractivity contribution in [2.75, 3.05) is 6.61 Å². The summed E-state index contributed by atoms with van der Waals surface area (Å²) in [5.41, 5.74) is -0.798. The van der Waals surface area contributed by atoms with Crippen molar-refractivity contribution in [3.8, 4) is 5.75 Å². The van der Waals surface area contributed by atoms with Crippen molar-refractivity contribution in [2.24, 2.45) is 0 Å². The van der Waals surface area contributed by atoms with Crippen molar-refractivity contribution in [3.05, 3.63) is 27.7 Å². The van der Waals surface area contributed by atoms with Crippen LogP contribution < -0.4 is 0 Å². The molecule has 0 atom stereocenters. The van der Waals surface area contributed by atoms with Crippen LogP contribution in [-0.2, 0) is 12.6 Å². The van der Waals surface area contributed by atoms with Gasteiger partial charge in [-0.25, -0.2) is 0 Å². The fraction of sp³-hybridized carbons (Fsp3) is 0.400. The Hall–Kier alpha value is -0.750. The topological polar surface area (TPSA) is 40.5 Å². The van der Waals surface area contributed by atoms with E-state index in [1.807, 2.05) is 0 Å². The van der Waals surface area contributed by atoms with Gasteiger partial charge in [0.05, 0.1) is 10.0 Å². The number of hydrogen-bond acceptors (Lipinski definition) is 2. The van der Waals surface area contributed by atoms with Gasteiger partial charge in [0.15, 0.2) is 0 Å². The Bertz CT molecular complexity index is 377. The van der Waals surface area contributed by atoms with Crippen LogP contribution >= 0.6 is 15.9 Å². The molecule has 0 unspecified atom stereocenters. The zero-order valence-corrected chi connectivity index (χ0v) is 9.77. The third-order valence-electron chi connectivity index (χ3n) is 2.08. The zero-order chi connectivity index (χ0) is 12.3. The first-order valence-electron chi connectivity index (χ1n) is 4.55. The van der Waals surface area contributed by atoms with Crippen molar-refractivity contribution < 1.29 is 23.4 Å². The number of alkyl halides is 3. The SMILES string of the molecule is OCCCc1cc(Br)c(O)cc1C(F)(F)F. The highest BCUT2D eigenvalue weighted by Gasteiger charge is 2.33. The summed E-state index contributed by atoms with van der Waals surface area (Å²) in [5, 5.41) is 17.8. The summed E-state index contributed by atoms with van der Waals surface area (Å²) >= 11 is 2.96. The van der Waals surface area contributed by atoms with E-state index in [4.69, 9.17) is 5.11 Å². The molecule has 0 aliphatic carbocycles. The number of benzene rings is 1. The maximum atomic E-state index is 12.6. The molecule has 1 aromatic carbocycles. The number of halogens is 4. The van der Waals surface area contributed by atoms with E-state index in [1.54, 1.807) is 0 Å². The number of aromatic hydroxyl groups is 1. The Balaban J connectivity index is 3.17. The largest absolute Gasteiger partial charge is 0.507 e. The maximum Gasteiger partial charge on any atom is 0.416 e. The summed E-state index contributed by atoms with van der Waals surface area (Å²) < 4.78 is 38.0. The van der Waals surface area contributed by atoms with Gasteiger partial charge < -0.3 is 10.2 Å². The normalized spacial score (nSPS) is 11.8. The number of aryl methyl sites for hydroxylation is 1. The monoisotopic (exact) mass is 298 g/mol. The molecule has 0 saturated heterocycles. The molecule has 0 aromatic heterocycles. The minimum absolute atomic E-state index is 0.0613. The minimum atomic E-state index is -4.50. The van der Waals surface area contributed by atoms with Gasteiger partial charge in [-0.1, -0.05) is 0 Å². The van der Waals surface area contributed by atoms with Crippen LogP contribution in [0.25, 0.3) is 0 Å². The Morgan fingerprint density at radius 2 is 1.88 bits per heavy atom. The average Bonchev–Trinajstić information content (AvgIpc) is 2.17. The fourth-order valence-electron chi connectivity index (χ4n) is 1.34. The highest BCUT2D eigenvalue weighted by molar-refractivity contribution is 9.10. The fourth-order valence-corrected chi connectivity index (χ4v) is 1.73. The molecule has 1 rings (SSSR count). The van der Waals surface area contributed by atoms with Gasteiger partial charge in [-0.2, -0.15) is 13.2 Å². The van der Waals surface area contributed by atoms with E-state index in [0.29, 0.717) is 6.07 Å². The van der Waals surface area contributed by atoms with Crippen LogP contribution in [0.2, 0.25) is 0 Å². The minimum Gasteiger partial charge on any atom is -0.507 e. The van der Waals surface area contributed by atoms with Crippen LogP contribution in [0.5, 0.6) is 5.75 Å². The number of aliphatic hydroxyl groups is 1. The molecule has 0 fully saturated rings. The molecule has 2 nitrogen and oxygen atoms in total. The molecule has 0 bridgehead atoms. The van der Waals surface area contributed by atoms with Crippen molar-refractivity contribution in [3.63, 3.8) is 0 Å². The molecule has 0 heterocycles. The van der Waals surface area contributed by atoms with Crippen LogP contribution in [-0.4, -0.2) is 16.8 Å². The standard InChI is InChI=1S/C10H10BrF3O2/c11-8-4-6(2-1-3-15)7(5-9(8)16)10(12,13)14/h4-5,15-16H,1-3H2. The lowest BCUT2D eigenvalue weighted by Crippen LogP contribution is -2.09. The number of rotatable bonds is 3. The summed E-state index contributed by atoms with van der Waals surface area (Å²) in [6.07, 6.45) is -4.13. The van der Waals surface area contributed by atoms with Gasteiger partial charge in [0, 0.05) is 6.61 Å². The van der Waals surface area contributed by atoms with Gasteiger partial charge in [0.2, 0.25) is 0 Å². The molecule has 16 heavy (non-hydrogen) atoms. The Morgan fingerprint density at radius 1 is 1.25 bits per heavy atom. The molecule has 0 amide bonds.